The van der Waals surface area contributed by atoms with Crippen LogP contribution in [0, 0.1) is 3.57 Å². The molecule has 0 heterocycles. The van der Waals surface area contributed by atoms with Gasteiger partial charge in [-0.1, -0.05) is 17.7 Å². The highest BCUT2D eigenvalue weighted by Crippen LogP contribution is 2.54. The number of anilines is 1. The molecule has 0 amide bonds. The second-order valence-electron chi connectivity index (χ2n) is 6.68. The summed E-state index contributed by atoms with van der Waals surface area (Å²) in [5.74, 6) is -0.957. The van der Waals surface area contributed by atoms with E-state index in [1.54, 1.807) is 0 Å². The molecule has 0 aliphatic rings. The highest BCUT2D eigenvalue weighted by atomic mass is 127. The Morgan fingerprint density at radius 2 is 1.48 bits per heavy atom. The average Bonchev–Trinajstić information content (AvgIpc) is 2.66. The van der Waals surface area contributed by atoms with E-state index in [0.29, 0.717) is 9.26 Å². The molecule has 0 saturated heterocycles. The summed E-state index contributed by atoms with van der Waals surface area (Å²) < 4.78 is 134. The van der Waals surface area contributed by atoms with E-state index in [9.17, 15) is 48.7 Å². The topological polar surface area (TPSA) is 29.1 Å². The first-order valence-electron chi connectivity index (χ1n) is 8.57. The van der Waals surface area contributed by atoms with Crippen molar-refractivity contribution in [3.63, 3.8) is 0 Å². The summed E-state index contributed by atoms with van der Waals surface area (Å²) in [6, 6.07) is 3.19. The SMILES string of the molecule is CNc1cc(C(=O)Cc2c(Cl)cc(C(F)(C(F)(F)F)C(F)(F)F)cc2C(F)(F)F)ccc1I. The Labute approximate surface area is 198 Å². The van der Waals surface area contributed by atoms with Crippen molar-refractivity contribution in [2.24, 2.45) is 0 Å². The Hall–Kier alpha value is -1.77. The number of hydrogen-bond donors (Lipinski definition) is 1. The van der Waals surface area contributed by atoms with Gasteiger partial charge in [-0.15, -0.1) is 0 Å². The number of carbonyl (C=O) groups excluding carboxylic acids is 1. The van der Waals surface area contributed by atoms with Crippen LogP contribution in [-0.2, 0) is 18.3 Å². The van der Waals surface area contributed by atoms with E-state index in [2.05, 4.69) is 5.32 Å². The first kappa shape index (κ1) is 27.5. The third kappa shape index (κ3) is 5.33. The summed E-state index contributed by atoms with van der Waals surface area (Å²) in [5, 5.41) is 1.46. The third-order valence-electron chi connectivity index (χ3n) is 4.57. The van der Waals surface area contributed by atoms with Crippen LogP contribution in [0.15, 0.2) is 30.3 Å². The van der Waals surface area contributed by atoms with Crippen LogP contribution in [0.3, 0.4) is 0 Å². The van der Waals surface area contributed by atoms with E-state index >= 15 is 0 Å². The van der Waals surface area contributed by atoms with Crippen LogP contribution in [0.1, 0.15) is 27.0 Å². The zero-order chi connectivity index (χ0) is 25.6. The molecule has 2 aromatic carbocycles. The number of hydrogen-bond acceptors (Lipinski definition) is 2. The van der Waals surface area contributed by atoms with Crippen molar-refractivity contribution in [1.82, 2.24) is 0 Å². The molecule has 0 fully saturated rings. The normalized spacial score (nSPS) is 13.2. The van der Waals surface area contributed by atoms with Crippen molar-refractivity contribution in [3.8, 4) is 0 Å². The zero-order valence-corrected chi connectivity index (χ0v) is 19.0. The average molecular weight is 622 g/mol. The van der Waals surface area contributed by atoms with Gasteiger partial charge in [-0.2, -0.15) is 39.5 Å². The number of halogens is 12. The van der Waals surface area contributed by atoms with E-state index in [1.807, 2.05) is 22.6 Å². The van der Waals surface area contributed by atoms with Crippen molar-refractivity contribution >= 4 is 45.7 Å². The van der Waals surface area contributed by atoms with E-state index in [-0.39, 0.29) is 11.6 Å². The number of benzene rings is 2. The van der Waals surface area contributed by atoms with Crippen LogP contribution in [-0.4, -0.2) is 25.2 Å². The number of alkyl halides is 10. The molecule has 14 heteroatoms. The monoisotopic (exact) mass is 621 g/mol. The van der Waals surface area contributed by atoms with E-state index < -0.39 is 64.2 Å². The van der Waals surface area contributed by atoms with E-state index in [4.69, 9.17) is 11.6 Å². The van der Waals surface area contributed by atoms with Crippen LogP contribution in [0.2, 0.25) is 5.02 Å². The summed E-state index contributed by atoms with van der Waals surface area (Å²) in [6.45, 7) is 0. The molecule has 0 aliphatic heterocycles. The van der Waals surface area contributed by atoms with Crippen molar-refractivity contribution in [2.45, 2.75) is 30.6 Å². The summed E-state index contributed by atoms with van der Waals surface area (Å²) in [7, 11) is 1.51. The predicted molar refractivity (Wildman–Crippen MR) is 108 cm³/mol. The molecule has 0 spiro atoms. The molecule has 0 unspecified atom stereocenters. The molecular weight excluding hydrogens is 611 g/mol. The lowest BCUT2D eigenvalue weighted by Crippen LogP contribution is -2.50. The molecular formula is C19H11ClF10INO. The maximum atomic E-state index is 14.3. The molecule has 2 aromatic rings. The fourth-order valence-corrected chi connectivity index (χ4v) is 3.80. The standard InChI is InChI=1S/C19H11ClF10INO/c1-32-14-4-8(2-3-13(14)31)15(33)7-10-11(17(22,23)24)5-9(6-12(10)20)16(21,18(25,26)27)19(28,29)30/h2-6,32H,7H2,1H3. The summed E-state index contributed by atoms with van der Waals surface area (Å²) in [4.78, 5) is 12.5. The van der Waals surface area contributed by atoms with Gasteiger partial charge in [-0.3, -0.25) is 4.79 Å². The van der Waals surface area contributed by atoms with Gasteiger partial charge in [0.2, 0.25) is 0 Å². The Morgan fingerprint density at radius 1 is 0.939 bits per heavy atom. The van der Waals surface area contributed by atoms with Gasteiger partial charge in [0.15, 0.2) is 5.78 Å². The smallest absolute Gasteiger partial charge is 0.387 e. The Morgan fingerprint density at radius 3 is 1.94 bits per heavy atom. The fourth-order valence-electron chi connectivity index (χ4n) is 2.91. The lowest BCUT2D eigenvalue weighted by molar-refractivity contribution is -0.348. The molecule has 2 rings (SSSR count). The first-order chi connectivity index (χ1) is 14.8. The van der Waals surface area contributed by atoms with E-state index in [0.717, 1.165) is 0 Å². The Bertz CT molecular complexity index is 1050. The fraction of sp³-hybridized carbons (Fsp3) is 0.316. The summed E-state index contributed by atoms with van der Waals surface area (Å²) in [6.07, 6.45) is -19.9. The molecule has 0 aliphatic carbocycles. The minimum atomic E-state index is -6.64. The lowest BCUT2D eigenvalue weighted by atomic mass is 9.89. The van der Waals surface area contributed by atoms with Crippen LogP contribution < -0.4 is 5.32 Å². The number of Topliss-reactive ketones (excluding diaryl/α,β-unsaturated/α-hetero) is 1. The molecule has 182 valence electrons. The zero-order valence-electron chi connectivity index (χ0n) is 16.0. The van der Waals surface area contributed by atoms with Crippen molar-refractivity contribution < 1.29 is 48.7 Å². The minimum absolute atomic E-state index is 0.0987. The Kier molecular flexibility index (Phi) is 7.59. The van der Waals surface area contributed by atoms with Gasteiger partial charge < -0.3 is 5.32 Å². The predicted octanol–water partition coefficient (Wildman–Crippen LogP) is 7.72. The van der Waals surface area contributed by atoms with Crippen molar-refractivity contribution in [1.29, 1.82) is 0 Å². The molecule has 0 saturated carbocycles. The number of carbonyl (C=O) groups is 1. The maximum absolute atomic E-state index is 14.3. The quantitative estimate of drug-likeness (QED) is 0.211. The Balaban J connectivity index is 2.68. The van der Waals surface area contributed by atoms with Gasteiger partial charge in [0.05, 0.1) is 5.56 Å². The number of ketones is 1. The minimum Gasteiger partial charge on any atom is -0.387 e. The van der Waals surface area contributed by atoms with Crippen molar-refractivity contribution in [3.05, 3.63) is 61.2 Å². The highest BCUT2D eigenvalue weighted by molar-refractivity contribution is 14.1. The second-order valence-corrected chi connectivity index (χ2v) is 8.25. The summed E-state index contributed by atoms with van der Waals surface area (Å²) in [5.41, 5.74) is -11.4. The van der Waals surface area contributed by atoms with Gasteiger partial charge >= 0.3 is 24.2 Å². The molecule has 2 nitrogen and oxygen atoms in total. The van der Waals surface area contributed by atoms with Crippen LogP contribution >= 0.6 is 34.2 Å². The molecule has 0 bridgehead atoms. The molecule has 0 radical (unpaired) electrons. The first-order valence-corrected chi connectivity index (χ1v) is 10.0. The summed E-state index contributed by atoms with van der Waals surface area (Å²) >= 11 is 7.50. The van der Waals surface area contributed by atoms with Crippen LogP contribution in [0.4, 0.5) is 49.6 Å². The van der Waals surface area contributed by atoms with Crippen LogP contribution in [0.25, 0.3) is 0 Å². The molecule has 33 heavy (non-hydrogen) atoms. The van der Waals surface area contributed by atoms with Gasteiger partial charge in [0.1, 0.15) is 0 Å². The van der Waals surface area contributed by atoms with Gasteiger partial charge in [0, 0.05) is 38.9 Å². The highest BCUT2D eigenvalue weighted by Gasteiger charge is 2.73. The molecule has 1 N–H and O–H groups in total. The van der Waals surface area contributed by atoms with Gasteiger partial charge in [-0.25, -0.2) is 4.39 Å². The number of rotatable bonds is 5. The lowest BCUT2D eigenvalue weighted by Gasteiger charge is -2.31. The van der Waals surface area contributed by atoms with Gasteiger partial charge in [0.25, 0.3) is 0 Å². The van der Waals surface area contributed by atoms with Crippen molar-refractivity contribution in [2.75, 3.05) is 12.4 Å². The third-order valence-corrected chi connectivity index (χ3v) is 5.85. The maximum Gasteiger partial charge on any atom is 0.435 e. The largest absolute Gasteiger partial charge is 0.435 e. The van der Waals surface area contributed by atoms with Gasteiger partial charge in [-0.05, 0) is 52.4 Å². The van der Waals surface area contributed by atoms with Crippen LogP contribution in [0.5, 0.6) is 0 Å². The second kappa shape index (κ2) is 9.12. The molecule has 0 aromatic heterocycles. The number of nitrogens with one attached hydrogen (secondary N) is 1. The molecule has 0 atom stereocenters. The van der Waals surface area contributed by atoms with E-state index in [1.165, 1.54) is 25.2 Å².